The third kappa shape index (κ3) is 6.61. The zero-order valence-corrected chi connectivity index (χ0v) is 15.1. The van der Waals surface area contributed by atoms with Gasteiger partial charge in [0, 0.05) is 0 Å². The van der Waals surface area contributed by atoms with Gasteiger partial charge in [-0.05, 0) is 36.8 Å². The summed E-state index contributed by atoms with van der Waals surface area (Å²) >= 11 is 0. The molecular formula is C20H19F3O5. The number of carbonyl (C=O) groups excluding carboxylic acids is 2. The Bertz CT molecular complexity index is 773. The van der Waals surface area contributed by atoms with E-state index < -0.39 is 30.6 Å². The van der Waals surface area contributed by atoms with Crippen molar-refractivity contribution in [2.24, 2.45) is 0 Å². The number of ether oxygens (including phenoxy) is 3. The van der Waals surface area contributed by atoms with Crippen LogP contribution in [0.25, 0.3) is 0 Å². The molecular weight excluding hydrogens is 377 g/mol. The predicted octanol–water partition coefficient (Wildman–Crippen LogP) is 4.31. The highest BCUT2D eigenvalue weighted by atomic mass is 19.4. The number of halogens is 3. The molecule has 0 heterocycles. The van der Waals surface area contributed by atoms with Crippen LogP contribution in [0, 0.1) is 0 Å². The summed E-state index contributed by atoms with van der Waals surface area (Å²) in [5.74, 6) is -1.84. The molecule has 0 aromatic heterocycles. The van der Waals surface area contributed by atoms with Crippen molar-refractivity contribution >= 4 is 11.9 Å². The summed E-state index contributed by atoms with van der Waals surface area (Å²) in [6, 6.07) is 14.9. The molecule has 0 N–H and O–H groups in total. The molecule has 0 fully saturated rings. The van der Waals surface area contributed by atoms with Crippen molar-refractivity contribution in [2.75, 3.05) is 6.61 Å². The maximum Gasteiger partial charge on any atom is 0.426 e. The lowest BCUT2D eigenvalue weighted by molar-refractivity contribution is -0.209. The van der Waals surface area contributed by atoms with Gasteiger partial charge in [0.1, 0.15) is 12.4 Å². The van der Waals surface area contributed by atoms with Crippen molar-refractivity contribution in [1.29, 1.82) is 0 Å². The summed E-state index contributed by atoms with van der Waals surface area (Å²) in [5.41, 5.74) is 0.850. The highest BCUT2D eigenvalue weighted by molar-refractivity contribution is 5.89. The van der Waals surface area contributed by atoms with E-state index in [0.717, 1.165) is 5.56 Å². The smallest absolute Gasteiger partial charge is 0.426 e. The van der Waals surface area contributed by atoms with Gasteiger partial charge in [-0.25, -0.2) is 4.79 Å². The van der Waals surface area contributed by atoms with E-state index in [0.29, 0.717) is 12.4 Å². The molecule has 2 aromatic rings. The lowest BCUT2D eigenvalue weighted by Crippen LogP contribution is -2.36. The Morgan fingerprint density at radius 2 is 1.64 bits per heavy atom. The molecule has 0 saturated heterocycles. The summed E-state index contributed by atoms with van der Waals surface area (Å²) in [4.78, 5) is 23.3. The van der Waals surface area contributed by atoms with Gasteiger partial charge in [0.25, 0.3) is 0 Å². The molecule has 0 aliphatic heterocycles. The Morgan fingerprint density at radius 3 is 2.21 bits per heavy atom. The first-order valence-electron chi connectivity index (χ1n) is 8.49. The van der Waals surface area contributed by atoms with Gasteiger partial charge in [0.05, 0.1) is 18.6 Å². The van der Waals surface area contributed by atoms with E-state index in [-0.39, 0.29) is 12.2 Å². The molecule has 0 aliphatic carbocycles. The Labute approximate surface area is 160 Å². The fourth-order valence-electron chi connectivity index (χ4n) is 2.22. The molecule has 0 amide bonds. The van der Waals surface area contributed by atoms with Crippen LogP contribution in [0.4, 0.5) is 13.2 Å². The molecule has 0 spiro atoms. The molecule has 5 nitrogen and oxygen atoms in total. The van der Waals surface area contributed by atoms with Crippen LogP contribution in [0.2, 0.25) is 0 Å². The minimum absolute atomic E-state index is 0.0677. The highest BCUT2D eigenvalue weighted by Crippen LogP contribution is 2.27. The highest BCUT2D eigenvalue weighted by Gasteiger charge is 2.44. The van der Waals surface area contributed by atoms with Crippen LogP contribution >= 0.6 is 0 Å². The van der Waals surface area contributed by atoms with E-state index in [4.69, 9.17) is 4.74 Å². The normalized spacial score (nSPS) is 12.1. The fourth-order valence-corrected chi connectivity index (χ4v) is 2.22. The molecule has 1 unspecified atom stereocenters. The molecule has 150 valence electrons. The van der Waals surface area contributed by atoms with Crippen molar-refractivity contribution < 1.29 is 37.0 Å². The maximum absolute atomic E-state index is 13.0. The molecule has 0 bridgehead atoms. The van der Waals surface area contributed by atoms with Crippen molar-refractivity contribution in [3.05, 3.63) is 65.7 Å². The van der Waals surface area contributed by atoms with E-state index in [1.165, 1.54) is 31.2 Å². The van der Waals surface area contributed by atoms with E-state index in [2.05, 4.69) is 9.47 Å². The zero-order valence-electron chi connectivity index (χ0n) is 15.1. The van der Waals surface area contributed by atoms with E-state index >= 15 is 0 Å². The van der Waals surface area contributed by atoms with E-state index in [1.807, 2.05) is 30.3 Å². The quantitative estimate of drug-likeness (QED) is 0.623. The fraction of sp³-hybridized carbons (Fsp3) is 0.300. The first-order valence-corrected chi connectivity index (χ1v) is 8.49. The average molecular weight is 396 g/mol. The van der Waals surface area contributed by atoms with Crippen LogP contribution in [0.15, 0.2) is 54.6 Å². The van der Waals surface area contributed by atoms with Gasteiger partial charge in [-0.2, -0.15) is 13.2 Å². The summed E-state index contributed by atoms with van der Waals surface area (Å²) < 4.78 is 53.6. The number of rotatable bonds is 8. The van der Waals surface area contributed by atoms with Gasteiger partial charge in [0.2, 0.25) is 6.10 Å². The third-order valence-corrected chi connectivity index (χ3v) is 3.61. The van der Waals surface area contributed by atoms with Gasteiger partial charge in [-0.1, -0.05) is 30.3 Å². The Kier molecular flexibility index (Phi) is 7.43. The molecule has 0 aliphatic rings. The summed E-state index contributed by atoms with van der Waals surface area (Å²) in [6.45, 7) is 1.70. The number of carbonyl (C=O) groups is 2. The number of alkyl halides is 3. The topological polar surface area (TPSA) is 61.8 Å². The largest absolute Gasteiger partial charge is 0.489 e. The first kappa shape index (κ1) is 21.3. The standard InChI is InChI=1S/C20H19F3O5/c1-2-26-18(24)12-17(20(21,22)23)28-19(25)15-8-10-16(11-9-15)27-13-14-6-4-3-5-7-14/h3-11,17H,2,12-13H2,1H3. The zero-order chi connectivity index (χ0) is 20.6. The number of esters is 2. The Hall–Kier alpha value is -3.03. The molecule has 2 rings (SSSR count). The summed E-state index contributed by atoms with van der Waals surface area (Å²) in [7, 11) is 0. The maximum atomic E-state index is 13.0. The number of hydrogen-bond donors (Lipinski definition) is 0. The van der Waals surface area contributed by atoms with Gasteiger partial charge in [-0.15, -0.1) is 0 Å². The van der Waals surface area contributed by atoms with Crippen LogP contribution in [0.5, 0.6) is 5.75 Å². The van der Waals surface area contributed by atoms with Crippen molar-refractivity contribution in [3.8, 4) is 5.75 Å². The van der Waals surface area contributed by atoms with Crippen LogP contribution in [-0.2, 0) is 20.9 Å². The molecule has 8 heteroatoms. The van der Waals surface area contributed by atoms with Gasteiger partial charge >= 0.3 is 18.1 Å². The number of benzene rings is 2. The lowest BCUT2D eigenvalue weighted by Gasteiger charge is -2.20. The van der Waals surface area contributed by atoms with Crippen molar-refractivity contribution in [1.82, 2.24) is 0 Å². The molecule has 1 atom stereocenters. The second kappa shape index (κ2) is 9.77. The van der Waals surface area contributed by atoms with E-state index in [1.54, 1.807) is 0 Å². The van der Waals surface area contributed by atoms with Gasteiger partial charge in [-0.3, -0.25) is 4.79 Å². The first-order chi connectivity index (χ1) is 13.3. The van der Waals surface area contributed by atoms with Crippen LogP contribution < -0.4 is 4.74 Å². The SMILES string of the molecule is CCOC(=O)CC(OC(=O)c1ccc(OCc2ccccc2)cc1)C(F)(F)F. The summed E-state index contributed by atoms with van der Waals surface area (Å²) in [6.07, 6.45) is -8.56. The van der Waals surface area contributed by atoms with Crippen LogP contribution in [-0.4, -0.2) is 30.8 Å². The third-order valence-electron chi connectivity index (χ3n) is 3.61. The second-order valence-electron chi connectivity index (χ2n) is 5.74. The van der Waals surface area contributed by atoms with Crippen molar-refractivity contribution in [2.45, 2.75) is 32.2 Å². The predicted molar refractivity (Wildman–Crippen MR) is 93.7 cm³/mol. The Morgan fingerprint density at radius 1 is 1.00 bits per heavy atom. The van der Waals surface area contributed by atoms with Gasteiger partial charge in [0.15, 0.2) is 0 Å². The average Bonchev–Trinajstić information content (AvgIpc) is 2.66. The van der Waals surface area contributed by atoms with Crippen LogP contribution in [0.1, 0.15) is 29.3 Å². The summed E-state index contributed by atoms with van der Waals surface area (Å²) in [5, 5.41) is 0. The van der Waals surface area contributed by atoms with Gasteiger partial charge < -0.3 is 14.2 Å². The molecule has 28 heavy (non-hydrogen) atoms. The Balaban J connectivity index is 1.97. The lowest BCUT2D eigenvalue weighted by atomic mass is 10.2. The molecule has 2 aromatic carbocycles. The number of hydrogen-bond acceptors (Lipinski definition) is 5. The molecule has 0 saturated carbocycles. The van der Waals surface area contributed by atoms with E-state index in [9.17, 15) is 22.8 Å². The monoisotopic (exact) mass is 396 g/mol. The minimum atomic E-state index is -4.89. The second-order valence-corrected chi connectivity index (χ2v) is 5.74. The van der Waals surface area contributed by atoms with Crippen LogP contribution in [0.3, 0.4) is 0 Å². The molecule has 0 radical (unpaired) electrons. The minimum Gasteiger partial charge on any atom is -0.489 e. The van der Waals surface area contributed by atoms with Crippen molar-refractivity contribution in [3.63, 3.8) is 0 Å².